The molecule has 0 saturated carbocycles. The predicted octanol–water partition coefficient (Wildman–Crippen LogP) is 1.08. The number of nitrogens with one attached hydrogen (secondary N) is 1. The van der Waals surface area contributed by atoms with Crippen molar-refractivity contribution in [1.82, 2.24) is 5.32 Å². The number of methoxy groups -OCH3 is 1. The fourth-order valence-electron chi connectivity index (χ4n) is 0.969. The molecule has 1 rings (SSSR count). The molecular formula is C12H17NO4. The fraction of sp³-hybridized carbons (Fsp3) is 0.333. The van der Waals surface area contributed by atoms with Crippen LogP contribution in [-0.2, 0) is 14.3 Å². The molecule has 1 amide bonds. The van der Waals surface area contributed by atoms with Crippen LogP contribution in [0, 0.1) is 0 Å². The Balaban J connectivity index is 0.000000318. The van der Waals surface area contributed by atoms with Crippen molar-refractivity contribution >= 4 is 11.9 Å². The van der Waals surface area contributed by atoms with E-state index in [4.69, 9.17) is 5.11 Å². The lowest BCUT2D eigenvalue weighted by molar-refractivity contribution is -0.144. The number of hydrogen-bond donors (Lipinski definition) is 2. The van der Waals surface area contributed by atoms with Gasteiger partial charge < -0.3 is 15.2 Å². The van der Waals surface area contributed by atoms with Crippen molar-refractivity contribution in [2.24, 2.45) is 0 Å². The largest absolute Gasteiger partial charge is 0.508 e. The van der Waals surface area contributed by atoms with E-state index in [0.29, 0.717) is 5.75 Å². The Morgan fingerprint density at radius 1 is 1.29 bits per heavy atom. The monoisotopic (exact) mass is 239 g/mol. The third-order valence-corrected chi connectivity index (χ3v) is 1.73. The molecular weight excluding hydrogens is 222 g/mol. The molecule has 0 bridgehead atoms. The van der Waals surface area contributed by atoms with Gasteiger partial charge in [-0.3, -0.25) is 4.79 Å². The lowest BCUT2D eigenvalue weighted by Gasteiger charge is -2.08. The van der Waals surface area contributed by atoms with E-state index in [1.807, 2.05) is 6.07 Å². The third kappa shape index (κ3) is 7.84. The Labute approximate surface area is 100 Å². The number of aromatic hydroxyl groups is 1. The molecule has 1 unspecified atom stereocenters. The van der Waals surface area contributed by atoms with Crippen molar-refractivity contribution in [3.8, 4) is 5.75 Å². The normalized spacial score (nSPS) is 10.5. The van der Waals surface area contributed by atoms with Crippen LogP contribution in [0.15, 0.2) is 30.3 Å². The molecule has 17 heavy (non-hydrogen) atoms. The lowest BCUT2D eigenvalue weighted by atomic mass is 10.3. The molecule has 5 nitrogen and oxygen atoms in total. The van der Waals surface area contributed by atoms with E-state index in [-0.39, 0.29) is 5.91 Å². The number of hydrogen-bond acceptors (Lipinski definition) is 4. The third-order valence-electron chi connectivity index (χ3n) is 1.73. The van der Waals surface area contributed by atoms with Crippen LogP contribution in [0.1, 0.15) is 13.8 Å². The van der Waals surface area contributed by atoms with Crippen LogP contribution in [0.5, 0.6) is 5.75 Å². The van der Waals surface area contributed by atoms with Gasteiger partial charge >= 0.3 is 5.97 Å². The average Bonchev–Trinajstić information content (AvgIpc) is 2.29. The number of carbonyl (C=O) groups is 2. The van der Waals surface area contributed by atoms with Crippen molar-refractivity contribution in [3.05, 3.63) is 30.3 Å². The summed E-state index contributed by atoms with van der Waals surface area (Å²) in [6.07, 6.45) is 0. The first-order valence-corrected chi connectivity index (χ1v) is 5.06. The maximum atomic E-state index is 10.6. The van der Waals surface area contributed by atoms with Gasteiger partial charge in [-0.2, -0.15) is 0 Å². The molecule has 0 radical (unpaired) electrons. The maximum Gasteiger partial charge on any atom is 0.328 e. The zero-order valence-corrected chi connectivity index (χ0v) is 10.1. The van der Waals surface area contributed by atoms with Gasteiger partial charge in [0, 0.05) is 6.92 Å². The molecule has 0 aromatic heterocycles. The molecule has 0 aliphatic rings. The van der Waals surface area contributed by atoms with E-state index in [9.17, 15) is 9.59 Å². The summed E-state index contributed by atoms with van der Waals surface area (Å²) in [5, 5.41) is 11.0. The van der Waals surface area contributed by atoms with Crippen LogP contribution in [0.25, 0.3) is 0 Å². The minimum Gasteiger partial charge on any atom is -0.508 e. The van der Waals surface area contributed by atoms with Crippen molar-refractivity contribution in [2.75, 3.05) is 7.11 Å². The number of phenols is 1. The molecule has 0 aliphatic carbocycles. The molecule has 0 spiro atoms. The van der Waals surface area contributed by atoms with Crippen LogP contribution in [0.2, 0.25) is 0 Å². The number of para-hydroxylation sites is 1. The maximum absolute atomic E-state index is 10.6. The van der Waals surface area contributed by atoms with Crippen LogP contribution in [0.4, 0.5) is 0 Å². The van der Waals surface area contributed by atoms with E-state index in [1.54, 1.807) is 31.2 Å². The summed E-state index contributed by atoms with van der Waals surface area (Å²) >= 11 is 0. The molecule has 94 valence electrons. The van der Waals surface area contributed by atoms with Crippen LogP contribution >= 0.6 is 0 Å². The molecule has 2 N–H and O–H groups in total. The molecule has 0 fully saturated rings. The van der Waals surface area contributed by atoms with Crippen LogP contribution in [0.3, 0.4) is 0 Å². The topological polar surface area (TPSA) is 75.6 Å². The molecule has 1 aromatic rings. The minimum atomic E-state index is -0.553. The van der Waals surface area contributed by atoms with Gasteiger partial charge in [-0.05, 0) is 19.1 Å². The summed E-state index contributed by atoms with van der Waals surface area (Å²) in [5.41, 5.74) is 0. The first-order valence-electron chi connectivity index (χ1n) is 5.06. The Bertz CT molecular complexity index is 351. The minimum absolute atomic E-state index is 0.238. The highest BCUT2D eigenvalue weighted by molar-refractivity contribution is 5.82. The Hall–Kier alpha value is -2.04. The van der Waals surface area contributed by atoms with Gasteiger partial charge in [-0.25, -0.2) is 4.79 Å². The zero-order valence-electron chi connectivity index (χ0n) is 10.1. The number of benzene rings is 1. The first-order chi connectivity index (χ1) is 7.97. The summed E-state index contributed by atoms with van der Waals surface area (Å²) in [7, 11) is 1.28. The summed E-state index contributed by atoms with van der Waals surface area (Å²) < 4.78 is 4.36. The molecule has 0 aliphatic heterocycles. The standard InChI is InChI=1S/C6H11NO3.C6H6O/c1-4(6(9)10-3)7-5(2)8;7-6-4-2-1-3-5-6/h4H,1-3H3,(H,7,8);1-5,7H. The summed E-state index contributed by atoms with van der Waals surface area (Å²) in [4.78, 5) is 21.0. The van der Waals surface area contributed by atoms with Crippen molar-refractivity contribution in [3.63, 3.8) is 0 Å². The number of rotatable bonds is 2. The van der Waals surface area contributed by atoms with Crippen LogP contribution < -0.4 is 5.32 Å². The second kappa shape index (κ2) is 8.15. The fourth-order valence-corrected chi connectivity index (χ4v) is 0.969. The van der Waals surface area contributed by atoms with Gasteiger partial charge in [0.2, 0.25) is 5.91 Å². The van der Waals surface area contributed by atoms with E-state index in [0.717, 1.165) is 0 Å². The van der Waals surface area contributed by atoms with Crippen molar-refractivity contribution < 1.29 is 19.4 Å². The zero-order chi connectivity index (χ0) is 13.3. The molecule has 1 atom stereocenters. The summed E-state index contributed by atoms with van der Waals surface area (Å²) in [6.45, 7) is 2.91. The van der Waals surface area contributed by atoms with Gasteiger partial charge in [0.05, 0.1) is 7.11 Å². The Morgan fingerprint density at radius 2 is 1.82 bits per heavy atom. The lowest BCUT2D eigenvalue weighted by Crippen LogP contribution is -2.37. The SMILES string of the molecule is COC(=O)C(C)NC(C)=O.Oc1ccccc1. The highest BCUT2D eigenvalue weighted by atomic mass is 16.5. The van der Waals surface area contributed by atoms with Crippen LogP contribution in [-0.4, -0.2) is 30.1 Å². The van der Waals surface area contributed by atoms with E-state index in [1.165, 1.54) is 14.0 Å². The highest BCUT2D eigenvalue weighted by Crippen LogP contribution is 2.02. The van der Waals surface area contributed by atoms with Gasteiger partial charge in [-0.1, -0.05) is 18.2 Å². The molecule has 0 saturated heterocycles. The quantitative estimate of drug-likeness (QED) is 0.757. The predicted molar refractivity (Wildman–Crippen MR) is 63.4 cm³/mol. The Morgan fingerprint density at radius 3 is 2.12 bits per heavy atom. The number of phenolic OH excluding ortho intramolecular Hbond substituents is 1. The average molecular weight is 239 g/mol. The second-order valence-corrected chi connectivity index (χ2v) is 3.28. The number of amides is 1. The van der Waals surface area contributed by atoms with E-state index in [2.05, 4.69) is 10.1 Å². The first kappa shape index (κ1) is 15.0. The number of carbonyl (C=O) groups excluding carboxylic acids is 2. The van der Waals surface area contributed by atoms with Gasteiger partial charge in [0.15, 0.2) is 0 Å². The van der Waals surface area contributed by atoms with Gasteiger partial charge in [-0.15, -0.1) is 0 Å². The summed E-state index contributed by atoms with van der Waals surface area (Å²) in [5.74, 6) is -0.351. The molecule has 1 aromatic carbocycles. The highest BCUT2D eigenvalue weighted by Gasteiger charge is 2.12. The molecule has 0 heterocycles. The van der Waals surface area contributed by atoms with E-state index >= 15 is 0 Å². The molecule has 5 heteroatoms. The van der Waals surface area contributed by atoms with Gasteiger partial charge in [0.1, 0.15) is 11.8 Å². The van der Waals surface area contributed by atoms with Gasteiger partial charge in [0.25, 0.3) is 0 Å². The number of esters is 1. The second-order valence-electron chi connectivity index (χ2n) is 3.28. The van der Waals surface area contributed by atoms with Crippen molar-refractivity contribution in [2.45, 2.75) is 19.9 Å². The Kier molecular flexibility index (Phi) is 7.17. The smallest absolute Gasteiger partial charge is 0.328 e. The van der Waals surface area contributed by atoms with E-state index < -0.39 is 12.0 Å². The van der Waals surface area contributed by atoms with Crippen molar-refractivity contribution in [1.29, 1.82) is 0 Å². The number of ether oxygens (including phenoxy) is 1. The summed E-state index contributed by atoms with van der Waals surface area (Å²) in [6, 6.07) is 8.16.